The van der Waals surface area contributed by atoms with Crippen LogP contribution in [0.2, 0.25) is 0 Å². The summed E-state index contributed by atoms with van der Waals surface area (Å²) in [5.41, 5.74) is 0.719. The Balaban J connectivity index is 1.60. The number of hydrogen-bond donors (Lipinski definition) is 3. The van der Waals surface area contributed by atoms with Crippen LogP contribution in [0, 0.1) is 11.8 Å². The molecule has 9 nitrogen and oxygen atoms in total. The quantitative estimate of drug-likeness (QED) is 0.123. The van der Waals surface area contributed by atoms with E-state index in [0.717, 1.165) is 44.1 Å². The van der Waals surface area contributed by atoms with E-state index < -0.39 is 30.4 Å². The van der Waals surface area contributed by atoms with Gasteiger partial charge < -0.3 is 34.3 Å². The first-order valence-corrected chi connectivity index (χ1v) is 13.4. The van der Waals surface area contributed by atoms with E-state index in [9.17, 15) is 24.9 Å². The Labute approximate surface area is 215 Å². The third-order valence-corrected chi connectivity index (χ3v) is 7.31. The molecule has 0 radical (unpaired) electrons. The van der Waals surface area contributed by atoms with Crippen molar-refractivity contribution in [2.75, 3.05) is 20.3 Å². The highest BCUT2D eigenvalue weighted by molar-refractivity contribution is 5.82. The fraction of sp³-hybridized carbons (Fsp3) is 0.852. The van der Waals surface area contributed by atoms with Crippen LogP contribution in [-0.4, -0.2) is 84.2 Å². The number of ether oxygens (including phenoxy) is 4. The number of unbranched alkanes of at least 4 members (excludes halogenated alkanes) is 5. The predicted molar refractivity (Wildman–Crippen MR) is 133 cm³/mol. The molecule has 2 rings (SSSR count). The van der Waals surface area contributed by atoms with E-state index in [4.69, 9.17) is 14.2 Å². The standard InChI is InChI=1S/C27H46O9/c1-17(14-24(30)34-12-10-8-6-5-7-9-11-23(29)33-4)13-21-26(32)25(31)20(16-35-21)15-22-27(36-22)18(2)19(3)28/h14,18-22,25-28,31-32H,5-13,15-16H2,1-4H3/b17-14+/t18-,19+,20-,21-,22-,25+,26?,27-/m0/s1. The van der Waals surface area contributed by atoms with Crippen molar-refractivity contribution in [1.29, 1.82) is 0 Å². The molecule has 0 aromatic heterocycles. The van der Waals surface area contributed by atoms with Gasteiger partial charge in [-0.05, 0) is 39.5 Å². The minimum Gasteiger partial charge on any atom is -0.469 e. The maximum absolute atomic E-state index is 12.1. The van der Waals surface area contributed by atoms with Gasteiger partial charge in [-0.25, -0.2) is 4.79 Å². The van der Waals surface area contributed by atoms with Crippen molar-refractivity contribution in [3.8, 4) is 0 Å². The van der Waals surface area contributed by atoms with E-state index in [-0.39, 0.29) is 30.0 Å². The topological polar surface area (TPSA) is 135 Å². The molecular weight excluding hydrogens is 468 g/mol. The van der Waals surface area contributed by atoms with Crippen molar-refractivity contribution >= 4 is 11.9 Å². The number of hydrogen-bond acceptors (Lipinski definition) is 9. The summed E-state index contributed by atoms with van der Waals surface area (Å²) < 4.78 is 21.4. The summed E-state index contributed by atoms with van der Waals surface area (Å²) in [6.45, 7) is 6.11. The lowest BCUT2D eigenvalue weighted by atomic mass is 9.85. The summed E-state index contributed by atoms with van der Waals surface area (Å²) in [6, 6.07) is 0. The minimum absolute atomic E-state index is 0.0196. The van der Waals surface area contributed by atoms with Crippen LogP contribution in [0.25, 0.3) is 0 Å². The smallest absolute Gasteiger partial charge is 0.330 e. The molecule has 208 valence electrons. The molecule has 0 amide bonds. The average Bonchev–Trinajstić information content (AvgIpc) is 3.60. The molecule has 1 unspecified atom stereocenters. The lowest BCUT2D eigenvalue weighted by molar-refractivity contribution is -0.165. The fourth-order valence-corrected chi connectivity index (χ4v) is 4.68. The maximum atomic E-state index is 12.1. The van der Waals surface area contributed by atoms with Crippen LogP contribution in [0.3, 0.4) is 0 Å². The third-order valence-electron chi connectivity index (χ3n) is 7.31. The van der Waals surface area contributed by atoms with E-state index in [1.54, 1.807) is 13.8 Å². The number of rotatable bonds is 16. The van der Waals surface area contributed by atoms with E-state index in [2.05, 4.69) is 4.74 Å². The molecule has 9 heteroatoms. The molecule has 0 bridgehead atoms. The molecule has 3 N–H and O–H groups in total. The average molecular weight is 515 g/mol. The molecule has 2 aliphatic heterocycles. The number of epoxide rings is 1. The third kappa shape index (κ3) is 10.5. The highest BCUT2D eigenvalue weighted by Gasteiger charge is 2.48. The Morgan fingerprint density at radius 1 is 1.03 bits per heavy atom. The number of aliphatic hydroxyl groups excluding tert-OH is 3. The van der Waals surface area contributed by atoms with Crippen molar-refractivity contribution in [1.82, 2.24) is 0 Å². The Kier molecular flexibility index (Phi) is 13.4. The Bertz CT molecular complexity index is 707. The Morgan fingerprint density at radius 2 is 1.69 bits per heavy atom. The largest absolute Gasteiger partial charge is 0.469 e. The van der Waals surface area contributed by atoms with Gasteiger partial charge in [0.1, 0.15) is 6.10 Å². The number of methoxy groups -OCH3 is 1. The zero-order valence-electron chi connectivity index (χ0n) is 22.3. The molecule has 0 aromatic rings. The zero-order valence-corrected chi connectivity index (χ0v) is 22.3. The molecule has 2 saturated heterocycles. The highest BCUT2D eigenvalue weighted by Crippen LogP contribution is 2.38. The first-order chi connectivity index (χ1) is 17.1. The zero-order chi connectivity index (χ0) is 26.7. The Morgan fingerprint density at radius 3 is 2.36 bits per heavy atom. The van der Waals surface area contributed by atoms with Crippen LogP contribution < -0.4 is 0 Å². The van der Waals surface area contributed by atoms with Crippen LogP contribution in [0.15, 0.2) is 11.6 Å². The van der Waals surface area contributed by atoms with Gasteiger partial charge in [-0.3, -0.25) is 4.79 Å². The van der Waals surface area contributed by atoms with Gasteiger partial charge in [0, 0.05) is 24.3 Å². The predicted octanol–water partition coefficient (Wildman–Crippen LogP) is 2.68. The summed E-state index contributed by atoms with van der Waals surface area (Å²) in [5, 5.41) is 30.9. The van der Waals surface area contributed by atoms with Crippen molar-refractivity contribution in [3.63, 3.8) is 0 Å². The van der Waals surface area contributed by atoms with Gasteiger partial charge in [-0.15, -0.1) is 0 Å². The van der Waals surface area contributed by atoms with E-state index in [1.807, 2.05) is 6.92 Å². The molecule has 0 aromatic carbocycles. The monoisotopic (exact) mass is 514 g/mol. The number of carbonyl (C=O) groups is 2. The minimum atomic E-state index is -1.05. The van der Waals surface area contributed by atoms with Crippen molar-refractivity contribution in [2.24, 2.45) is 11.8 Å². The van der Waals surface area contributed by atoms with Gasteiger partial charge in [0.05, 0.1) is 50.8 Å². The molecule has 8 atom stereocenters. The summed E-state index contributed by atoms with van der Waals surface area (Å²) in [5.74, 6) is -0.810. The van der Waals surface area contributed by atoms with Crippen LogP contribution in [0.1, 0.15) is 78.6 Å². The molecular formula is C27H46O9. The summed E-state index contributed by atoms with van der Waals surface area (Å²) in [6.07, 6.45) is 5.30. The Hall–Kier alpha value is -1.52. The van der Waals surface area contributed by atoms with Crippen LogP contribution in [0.5, 0.6) is 0 Å². The van der Waals surface area contributed by atoms with Gasteiger partial charge >= 0.3 is 11.9 Å². The van der Waals surface area contributed by atoms with Crippen molar-refractivity contribution < 1.29 is 43.9 Å². The van der Waals surface area contributed by atoms with Crippen LogP contribution in [0.4, 0.5) is 0 Å². The highest BCUT2D eigenvalue weighted by atomic mass is 16.6. The first kappa shape index (κ1) is 30.7. The van der Waals surface area contributed by atoms with Gasteiger partial charge in [-0.2, -0.15) is 0 Å². The lowest BCUT2D eigenvalue weighted by Crippen LogP contribution is -2.50. The van der Waals surface area contributed by atoms with Crippen molar-refractivity contribution in [2.45, 2.75) is 115 Å². The molecule has 2 fully saturated rings. The molecule has 36 heavy (non-hydrogen) atoms. The number of carbonyl (C=O) groups excluding carboxylic acids is 2. The van der Waals surface area contributed by atoms with E-state index in [0.29, 0.717) is 32.5 Å². The van der Waals surface area contributed by atoms with Crippen molar-refractivity contribution in [3.05, 3.63) is 11.6 Å². The normalized spacial score (nSPS) is 29.9. The molecule has 0 saturated carbocycles. The summed E-state index contributed by atoms with van der Waals surface area (Å²) >= 11 is 0. The van der Waals surface area contributed by atoms with E-state index >= 15 is 0 Å². The van der Waals surface area contributed by atoms with Crippen LogP contribution in [-0.2, 0) is 28.5 Å². The van der Waals surface area contributed by atoms with E-state index in [1.165, 1.54) is 13.2 Å². The molecule has 0 aliphatic carbocycles. The molecule has 2 heterocycles. The summed E-state index contributed by atoms with van der Waals surface area (Å²) in [7, 11) is 1.40. The molecule has 0 spiro atoms. The van der Waals surface area contributed by atoms with Crippen LogP contribution >= 0.6 is 0 Å². The first-order valence-electron chi connectivity index (χ1n) is 13.4. The van der Waals surface area contributed by atoms with Gasteiger partial charge in [-0.1, -0.05) is 38.2 Å². The lowest BCUT2D eigenvalue weighted by Gasteiger charge is -2.38. The summed E-state index contributed by atoms with van der Waals surface area (Å²) in [4.78, 5) is 23.1. The van der Waals surface area contributed by atoms with Gasteiger partial charge in [0.25, 0.3) is 0 Å². The number of esters is 2. The second kappa shape index (κ2) is 15.7. The molecule has 2 aliphatic rings. The number of aliphatic hydroxyl groups is 3. The van der Waals surface area contributed by atoms with Gasteiger partial charge in [0.15, 0.2) is 0 Å². The van der Waals surface area contributed by atoms with Gasteiger partial charge in [0.2, 0.25) is 0 Å². The SMILES string of the molecule is COC(=O)CCCCCCCCOC(=O)/C=C(\C)C[C@@H]1OC[C@H](C[C@@H]2O[C@H]2[C@@H](C)[C@@H](C)O)[C@@H](O)C1O. The second-order valence-electron chi connectivity index (χ2n) is 10.4. The maximum Gasteiger partial charge on any atom is 0.330 e. The fourth-order valence-electron chi connectivity index (χ4n) is 4.68. The second-order valence-corrected chi connectivity index (χ2v) is 10.4.